The minimum atomic E-state index is -1.48. The summed E-state index contributed by atoms with van der Waals surface area (Å²) in [7, 11) is 0. The predicted molar refractivity (Wildman–Crippen MR) is 52.0 cm³/mol. The van der Waals surface area contributed by atoms with Gasteiger partial charge in [0.2, 0.25) is 5.91 Å². The molecule has 0 aromatic heterocycles. The van der Waals surface area contributed by atoms with E-state index in [2.05, 4.69) is 0 Å². The number of carboxylic acids is 1. The number of carbonyl (C=O) groups is 2. The predicted octanol–water partition coefficient (Wildman–Crippen LogP) is -1.23. The van der Waals surface area contributed by atoms with Crippen LogP contribution in [0.5, 0.6) is 0 Å². The number of amides is 1. The molecule has 1 rings (SSSR count). The monoisotopic (exact) mass is 216 g/mol. The summed E-state index contributed by atoms with van der Waals surface area (Å²) in [5.74, 6) is -1.43. The van der Waals surface area contributed by atoms with Gasteiger partial charge in [0.05, 0.1) is 5.60 Å². The molecule has 6 nitrogen and oxygen atoms in total. The number of carboxylic acid groups (broad SMARTS) is 1. The largest absolute Gasteiger partial charge is 0.480 e. The number of nitrogens with zero attached hydrogens (tertiary/aromatic N) is 1. The van der Waals surface area contributed by atoms with E-state index in [1.807, 2.05) is 0 Å². The van der Waals surface area contributed by atoms with Crippen LogP contribution in [0.25, 0.3) is 0 Å². The van der Waals surface area contributed by atoms with Gasteiger partial charge in [-0.2, -0.15) is 0 Å². The molecule has 1 aliphatic rings. The zero-order chi connectivity index (χ0) is 11.6. The lowest BCUT2D eigenvalue weighted by Gasteiger charge is -2.42. The number of hydrogen-bond acceptors (Lipinski definition) is 4. The average molecular weight is 216 g/mol. The SMILES string of the molecule is C[C@@](O)(CCN)[C@@H](C(=O)O)N1CCC1=O. The Hall–Kier alpha value is -1.14. The average Bonchev–Trinajstić information content (AvgIpc) is 2.10. The Bertz CT molecular complexity index is 277. The van der Waals surface area contributed by atoms with Gasteiger partial charge in [-0.15, -0.1) is 0 Å². The van der Waals surface area contributed by atoms with E-state index in [0.29, 0.717) is 13.0 Å². The van der Waals surface area contributed by atoms with E-state index in [4.69, 9.17) is 10.8 Å². The Labute approximate surface area is 87.7 Å². The molecule has 0 saturated carbocycles. The van der Waals surface area contributed by atoms with E-state index in [1.165, 1.54) is 11.8 Å². The number of hydrogen-bond donors (Lipinski definition) is 3. The highest BCUT2D eigenvalue weighted by atomic mass is 16.4. The highest BCUT2D eigenvalue weighted by Gasteiger charge is 2.46. The van der Waals surface area contributed by atoms with Crippen molar-refractivity contribution in [3.05, 3.63) is 0 Å². The Balaban J connectivity index is 2.82. The van der Waals surface area contributed by atoms with Crippen LogP contribution < -0.4 is 5.73 Å². The van der Waals surface area contributed by atoms with Crippen LogP contribution in [0, 0.1) is 0 Å². The molecule has 1 amide bonds. The number of carbonyl (C=O) groups excluding carboxylic acids is 1. The highest BCUT2D eigenvalue weighted by molar-refractivity contribution is 5.88. The van der Waals surface area contributed by atoms with Crippen molar-refractivity contribution in [2.24, 2.45) is 5.73 Å². The van der Waals surface area contributed by atoms with Gasteiger partial charge in [-0.25, -0.2) is 4.79 Å². The van der Waals surface area contributed by atoms with Crippen LogP contribution in [0.3, 0.4) is 0 Å². The van der Waals surface area contributed by atoms with Gasteiger partial charge in [-0.1, -0.05) is 0 Å². The molecule has 0 unspecified atom stereocenters. The molecular weight excluding hydrogens is 200 g/mol. The number of β-lactam (4-membered cyclic amide) rings is 1. The molecule has 0 aromatic carbocycles. The number of rotatable bonds is 5. The molecule has 0 spiro atoms. The quantitative estimate of drug-likeness (QED) is 0.499. The molecule has 1 heterocycles. The second kappa shape index (κ2) is 4.16. The first kappa shape index (κ1) is 11.9. The summed E-state index contributed by atoms with van der Waals surface area (Å²) in [5, 5.41) is 18.9. The van der Waals surface area contributed by atoms with Crippen LogP contribution in [-0.2, 0) is 9.59 Å². The third-order valence-corrected chi connectivity index (χ3v) is 2.67. The zero-order valence-electron chi connectivity index (χ0n) is 8.64. The maximum atomic E-state index is 11.1. The first-order valence-electron chi connectivity index (χ1n) is 4.85. The van der Waals surface area contributed by atoms with E-state index in [-0.39, 0.29) is 18.9 Å². The molecule has 0 radical (unpaired) electrons. The van der Waals surface area contributed by atoms with E-state index in [0.717, 1.165) is 0 Å². The topological polar surface area (TPSA) is 104 Å². The second-order valence-electron chi connectivity index (χ2n) is 3.97. The van der Waals surface area contributed by atoms with Crippen molar-refractivity contribution < 1.29 is 19.8 Å². The van der Waals surface area contributed by atoms with Crippen LogP contribution in [0.15, 0.2) is 0 Å². The van der Waals surface area contributed by atoms with Crippen molar-refractivity contribution in [3.8, 4) is 0 Å². The Morgan fingerprint density at radius 3 is 2.60 bits per heavy atom. The number of likely N-dealkylation sites (tertiary alicyclic amines) is 1. The molecular formula is C9H16N2O4. The van der Waals surface area contributed by atoms with E-state index >= 15 is 0 Å². The summed E-state index contributed by atoms with van der Waals surface area (Å²) in [6, 6.07) is -1.19. The highest BCUT2D eigenvalue weighted by Crippen LogP contribution is 2.25. The van der Waals surface area contributed by atoms with Crippen LogP contribution in [0.4, 0.5) is 0 Å². The van der Waals surface area contributed by atoms with Gasteiger partial charge >= 0.3 is 5.97 Å². The normalized spacial score (nSPS) is 21.8. The first-order chi connectivity index (χ1) is 6.90. The fraction of sp³-hybridized carbons (Fsp3) is 0.778. The standard InChI is InChI=1S/C9H16N2O4/c1-9(15,3-4-10)7(8(13)14)11-5-2-6(11)12/h7,15H,2-5,10H2,1H3,(H,13,14)/t7-,9-/m1/s1. The molecule has 0 aliphatic carbocycles. The van der Waals surface area contributed by atoms with Gasteiger partial charge in [0.1, 0.15) is 0 Å². The number of aliphatic carboxylic acids is 1. The van der Waals surface area contributed by atoms with Gasteiger partial charge in [0, 0.05) is 13.0 Å². The molecule has 0 aromatic rings. The van der Waals surface area contributed by atoms with Crippen molar-refractivity contribution in [2.45, 2.75) is 31.4 Å². The third kappa shape index (κ3) is 2.27. The van der Waals surface area contributed by atoms with E-state index in [9.17, 15) is 14.7 Å². The lowest BCUT2D eigenvalue weighted by molar-refractivity contribution is -0.169. The summed E-state index contributed by atoms with van der Waals surface area (Å²) >= 11 is 0. The first-order valence-corrected chi connectivity index (χ1v) is 4.85. The minimum absolute atomic E-state index is 0.147. The Morgan fingerprint density at radius 1 is 1.73 bits per heavy atom. The van der Waals surface area contributed by atoms with Crippen molar-refractivity contribution in [2.75, 3.05) is 13.1 Å². The molecule has 1 fully saturated rings. The van der Waals surface area contributed by atoms with Crippen molar-refractivity contribution in [1.82, 2.24) is 4.90 Å². The van der Waals surface area contributed by atoms with Crippen LogP contribution in [0.1, 0.15) is 19.8 Å². The maximum absolute atomic E-state index is 11.1. The molecule has 15 heavy (non-hydrogen) atoms. The van der Waals surface area contributed by atoms with Gasteiger partial charge < -0.3 is 20.8 Å². The fourth-order valence-electron chi connectivity index (χ4n) is 1.77. The van der Waals surface area contributed by atoms with Gasteiger partial charge in [-0.05, 0) is 19.9 Å². The van der Waals surface area contributed by atoms with Crippen molar-refractivity contribution >= 4 is 11.9 Å². The lowest BCUT2D eigenvalue weighted by Crippen LogP contribution is -2.62. The summed E-state index contributed by atoms with van der Waals surface area (Å²) in [6.45, 7) is 1.96. The van der Waals surface area contributed by atoms with Crippen LogP contribution >= 0.6 is 0 Å². The van der Waals surface area contributed by atoms with Gasteiger partial charge in [-0.3, -0.25) is 4.79 Å². The Morgan fingerprint density at radius 2 is 2.33 bits per heavy atom. The van der Waals surface area contributed by atoms with Crippen LogP contribution in [0.2, 0.25) is 0 Å². The summed E-state index contributed by atoms with van der Waals surface area (Å²) in [4.78, 5) is 23.3. The molecule has 2 atom stereocenters. The number of nitrogens with two attached hydrogens (primary N) is 1. The number of aliphatic hydroxyl groups is 1. The minimum Gasteiger partial charge on any atom is -0.480 e. The molecule has 4 N–H and O–H groups in total. The van der Waals surface area contributed by atoms with Gasteiger partial charge in [0.25, 0.3) is 0 Å². The maximum Gasteiger partial charge on any atom is 0.329 e. The summed E-state index contributed by atoms with van der Waals surface area (Å²) in [5.41, 5.74) is 3.81. The molecule has 86 valence electrons. The zero-order valence-corrected chi connectivity index (χ0v) is 8.64. The van der Waals surface area contributed by atoms with Crippen molar-refractivity contribution in [1.29, 1.82) is 0 Å². The van der Waals surface area contributed by atoms with Gasteiger partial charge in [0.15, 0.2) is 6.04 Å². The molecule has 6 heteroatoms. The molecule has 0 bridgehead atoms. The van der Waals surface area contributed by atoms with E-state index in [1.54, 1.807) is 0 Å². The smallest absolute Gasteiger partial charge is 0.329 e. The second-order valence-corrected chi connectivity index (χ2v) is 3.97. The summed E-state index contributed by atoms with van der Waals surface area (Å²) < 4.78 is 0. The van der Waals surface area contributed by atoms with Crippen LogP contribution in [-0.4, -0.2) is 51.7 Å². The fourth-order valence-corrected chi connectivity index (χ4v) is 1.77. The molecule has 1 aliphatic heterocycles. The third-order valence-electron chi connectivity index (χ3n) is 2.67. The molecule has 1 saturated heterocycles. The summed E-state index contributed by atoms with van der Waals surface area (Å²) in [6.07, 6.45) is 0.496. The lowest BCUT2D eigenvalue weighted by atomic mass is 9.89. The van der Waals surface area contributed by atoms with Crippen molar-refractivity contribution in [3.63, 3.8) is 0 Å². The van der Waals surface area contributed by atoms with E-state index < -0.39 is 17.6 Å². The Kier molecular flexibility index (Phi) is 3.31.